The zero-order valence-electron chi connectivity index (χ0n) is 19.8. The largest absolute Gasteiger partial charge is 0.339 e. The normalized spacial score (nSPS) is 19.9. The van der Waals surface area contributed by atoms with Crippen molar-refractivity contribution in [1.29, 1.82) is 0 Å². The zero-order valence-corrected chi connectivity index (χ0v) is 20.6. The Morgan fingerprint density at radius 3 is 2.65 bits per heavy atom. The number of likely N-dealkylation sites (tertiary alicyclic amines) is 1. The Balaban J connectivity index is 1.55. The summed E-state index contributed by atoms with van der Waals surface area (Å²) in [5, 5.41) is 8.50. The fourth-order valence-corrected chi connectivity index (χ4v) is 5.52. The predicted molar refractivity (Wildman–Crippen MR) is 133 cm³/mol. The molecule has 1 unspecified atom stereocenters. The average molecular weight is 481 g/mol. The molecule has 0 spiro atoms. The Labute approximate surface area is 204 Å². The number of ketones is 1. The van der Waals surface area contributed by atoms with E-state index in [1.54, 1.807) is 31.5 Å². The van der Waals surface area contributed by atoms with Gasteiger partial charge in [0.25, 0.3) is 0 Å². The lowest BCUT2D eigenvalue weighted by molar-refractivity contribution is -0.136. The van der Waals surface area contributed by atoms with Crippen LogP contribution in [0.25, 0.3) is 0 Å². The van der Waals surface area contributed by atoms with Crippen molar-refractivity contribution in [1.82, 2.24) is 20.5 Å². The number of aromatic nitrogens is 1. The van der Waals surface area contributed by atoms with Crippen LogP contribution in [0.3, 0.4) is 0 Å². The first-order valence-electron chi connectivity index (χ1n) is 12.0. The summed E-state index contributed by atoms with van der Waals surface area (Å²) in [7, 11) is 1.73. The first-order chi connectivity index (χ1) is 16.5. The fraction of sp³-hybridized carbons (Fsp3) is 0.462. The van der Waals surface area contributed by atoms with Gasteiger partial charge in [0.15, 0.2) is 0 Å². The van der Waals surface area contributed by atoms with Gasteiger partial charge in [0.1, 0.15) is 16.7 Å². The van der Waals surface area contributed by atoms with Crippen molar-refractivity contribution in [2.75, 3.05) is 13.6 Å². The van der Waals surface area contributed by atoms with Gasteiger partial charge >= 0.3 is 0 Å². The molecule has 0 saturated carbocycles. The number of hydrogen-bond acceptors (Lipinski definition) is 6. The lowest BCUT2D eigenvalue weighted by Crippen LogP contribution is -2.53. The van der Waals surface area contributed by atoms with E-state index in [-0.39, 0.29) is 29.7 Å². The molecule has 1 fully saturated rings. The topological polar surface area (TPSA) is 91.4 Å². The molecule has 2 N–H and O–H groups in total. The summed E-state index contributed by atoms with van der Waals surface area (Å²) in [6.07, 6.45) is 7.65. The van der Waals surface area contributed by atoms with Crippen molar-refractivity contribution in [2.24, 2.45) is 0 Å². The van der Waals surface area contributed by atoms with Crippen LogP contribution in [0.4, 0.5) is 0 Å². The summed E-state index contributed by atoms with van der Waals surface area (Å²) in [6, 6.07) is 7.88. The van der Waals surface area contributed by atoms with E-state index in [0.29, 0.717) is 17.8 Å². The van der Waals surface area contributed by atoms with Gasteiger partial charge in [-0.2, -0.15) is 0 Å². The molecule has 7 nitrogen and oxygen atoms in total. The number of amides is 2. The molecule has 2 amide bonds. The van der Waals surface area contributed by atoms with E-state index in [9.17, 15) is 14.4 Å². The molecule has 4 rings (SSSR count). The molecule has 2 aliphatic rings. The Bertz CT molecular complexity index is 1070. The van der Waals surface area contributed by atoms with Gasteiger partial charge in [0.05, 0.1) is 12.1 Å². The van der Waals surface area contributed by atoms with Gasteiger partial charge in [-0.05, 0) is 58.1 Å². The van der Waals surface area contributed by atoms with Crippen molar-refractivity contribution in [2.45, 2.75) is 63.6 Å². The summed E-state index contributed by atoms with van der Waals surface area (Å²) < 4.78 is 0. The van der Waals surface area contributed by atoms with Crippen LogP contribution in [-0.2, 0) is 9.59 Å². The van der Waals surface area contributed by atoms with E-state index in [0.717, 1.165) is 49.1 Å². The minimum atomic E-state index is -0.658. The number of hydrogen-bond donors (Lipinski definition) is 2. The number of benzene rings is 1. The molecule has 180 valence electrons. The lowest BCUT2D eigenvalue weighted by Gasteiger charge is -2.31. The maximum Gasteiger partial charge on any atom is 0.250 e. The maximum atomic E-state index is 13.8. The molecule has 3 atom stereocenters. The smallest absolute Gasteiger partial charge is 0.250 e. The SMILES string of the molecule is CN[C@@H](C)C(=O)N[C@H](C(=O)N1CCCC1c1nc(C(=O)c2ccccc2)cs1)C1=CCCCC1. The van der Waals surface area contributed by atoms with Crippen LogP contribution >= 0.6 is 11.3 Å². The van der Waals surface area contributed by atoms with Gasteiger partial charge in [-0.3, -0.25) is 14.4 Å². The number of carbonyl (C=O) groups excluding carboxylic acids is 3. The second-order valence-electron chi connectivity index (χ2n) is 8.93. The van der Waals surface area contributed by atoms with Gasteiger partial charge < -0.3 is 15.5 Å². The first kappa shape index (κ1) is 24.3. The van der Waals surface area contributed by atoms with Crippen LogP contribution < -0.4 is 10.6 Å². The number of likely N-dealkylation sites (N-methyl/N-ethyl adjacent to an activating group) is 1. The minimum Gasteiger partial charge on any atom is -0.339 e. The molecule has 2 heterocycles. The van der Waals surface area contributed by atoms with Crippen LogP contribution in [-0.4, -0.2) is 53.2 Å². The van der Waals surface area contributed by atoms with Crippen molar-refractivity contribution in [3.8, 4) is 0 Å². The quantitative estimate of drug-likeness (QED) is 0.445. The van der Waals surface area contributed by atoms with Crippen molar-refractivity contribution >= 4 is 28.9 Å². The van der Waals surface area contributed by atoms with Gasteiger partial charge in [-0.1, -0.05) is 36.4 Å². The average Bonchev–Trinajstić information content (AvgIpc) is 3.57. The Morgan fingerprint density at radius 2 is 1.94 bits per heavy atom. The highest BCUT2D eigenvalue weighted by Crippen LogP contribution is 2.35. The Morgan fingerprint density at radius 1 is 1.15 bits per heavy atom. The molecular weight excluding hydrogens is 448 g/mol. The molecule has 8 heteroatoms. The van der Waals surface area contributed by atoms with Gasteiger partial charge in [0.2, 0.25) is 17.6 Å². The number of thiazole rings is 1. The van der Waals surface area contributed by atoms with Crippen LogP contribution in [0.15, 0.2) is 47.4 Å². The second-order valence-corrected chi connectivity index (χ2v) is 9.82. The third-order valence-electron chi connectivity index (χ3n) is 6.67. The number of rotatable bonds is 8. The molecule has 1 aromatic carbocycles. The van der Waals surface area contributed by atoms with E-state index >= 15 is 0 Å². The molecule has 0 radical (unpaired) electrons. The molecule has 34 heavy (non-hydrogen) atoms. The van der Waals surface area contributed by atoms with Crippen molar-refractivity contribution in [3.05, 3.63) is 63.6 Å². The van der Waals surface area contributed by atoms with E-state index in [1.807, 2.05) is 23.1 Å². The van der Waals surface area contributed by atoms with Crippen LogP contribution in [0.5, 0.6) is 0 Å². The van der Waals surface area contributed by atoms with E-state index in [1.165, 1.54) is 11.3 Å². The van der Waals surface area contributed by atoms with Crippen molar-refractivity contribution < 1.29 is 14.4 Å². The first-order valence-corrected chi connectivity index (χ1v) is 12.9. The highest BCUT2D eigenvalue weighted by atomic mass is 32.1. The summed E-state index contributed by atoms with van der Waals surface area (Å²) in [6.45, 7) is 2.40. The lowest BCUT2D eigenvalue weighted by atomic mass is 9.92. The third-order valence-corrected chi connectivity index (χ3v) is 7.61. The van der Waals surface area contributed by atoms with Crippen LogP contribution in [0.1, 0.15) is 72.6 Å². The molecule has 0 bridgehead atoms. The molecular formula is C26H32N4O3S. The van der Waals surface area contributed by atoms with Crippen LogP contribution in [0, 0.1) is 0 Å². The fourth-order valence-electron chi connectivity index (χ4n) is 4.57. The minimum absolute atomic E-state index is 0.0848. The molecule has 1 aliphatic carbocycles. The maximum absolute atomic E-state index is 13.8. The molecule has 1 aromatic heterocycles. The Kier molecular flexibility index (Phi) is 7.90. The highest BCUT2D eigenvalue weighted by Gasteiger charge is 2.38. The highest BCUT2D eigenvalue weighted by molar-refractivity contribution is 7.10. The van der Waals surface area contributed by atoms with Crippen molar-refractivity contribution in [3.63, 3.8) is 0 Å². The van der Waals surface area contributed by atoms with Crippen LogP contribution in [0.2, 0.25) is 0 Å². The predicted octanol–water partition coefficient (Wildman–Crippen LogP) is 3.63. The van der Waals surface area contributed by atoms with Gasteiger partial charge in [0, 0.05) is 17.5 Å². The van der Waals surface area contributed by atoms with Gasteiger partial charge in [-0.15, -0.1) is 11.3 Å². The summed E-state index contributed by atoms with van der Waals surface area (Å²) in [4.78, 5) is 45.8. The summed E-state index contributed by atoms with van der Waals surface area (Å²) in [5.74, 6) is -0.385. The summed E-state index contributed by atoms with van der Waals surface area (Å²) >= 11 is 1.42. The molecule has 1 saturated heterocycles. The monoisotopic (exact) mass is 480 g/mol. The number of nitrogens with zero attached hydrogens (tertiary/aromatic N) is 2. The zero-order chi connectivity index (χ0) is 24.1. The Hall–Kier alpha value is -2.84. The van der Waals surface area contributed by atoms with Gasteiger partial charge in [-0.25, -0.2) is 4.98 Å². The summed E-state index contributed by atoms with van der Waals surface area (Å²) in [5.41, 5.74) is 2.01. The standard InChI is InChI=1S/C26H32N4O3S/c1-17(27-2)24(32)29-22(18-10-5-3-6-11-18)26(33)30-15-9-14-21(30)25-28-20(16-34-25)23(31)19-12-7-4-8-13-19/h4,7-8,10,12-13,16-17,21-22,27H,3,5-6,9,11,14-15H2,1-2H3,(H,29,32)/t17-,21?,22-/m0/s1. The second kappa shape index (κ2) is 11.1. The van der Waals surface area contributed by atoms with E-state index in [2.05, 4.69) is 21.7 Å². The van der Waals surface area contributed by atoms with E-state index < -0.39 is 6.04 Å². The molecule has 2 aromatic rings. The van der Waals surface area contributed by atoms with E-state index in [4.69, 9.17) is 0 Å². The molecule has 1 aliphatic heterocycles. The number of nitrogens with one attached hydrogen (secondary N) is 2. The number of allylic oxidation sites excluding steroid dienone is 1. The third kappa shape index (κ3) is 5.28. The number of carbonyl (C=O) groups is 3.